The molecule has 0 spiro atoms. The highest BCUT2D eigenvalue weighted by atomic mass is 19.2. The van der Waals surface area contributed by atoms with E-state index in [1.807, 2.05) is 0 Å². The van der Waals surface area contributed by atoms with Crippen molar-refractivity contribution in [3.05, 3.63) is 35.1 Å². The summed E-state index contributed by atoms with van der Waals surface area (Å²) in [5.41, 5.74) is -0.413. The number of halogens is 3. The molecule has 1 atom stereocenters. The molecule has 0 aromatic heterocycles. The van der Waals surface area contributed by atoms with Crippen LogP contribution in [-0.2, 0) is 4.79 Å². The number of hydrogen-bond donors (Lipinski definition) is 2. The van der Waals surface area contributed by atoms with Gasteiger partial charge in [-0.05, 0) is 12.1 Å². The quantitative estimate of drug-likeness (QED) is 0.808. The molecule has 0 aliphatic carbocycles. The van der Waals surface area contributed by atoms with Gasteiger partial charge in [0.1, 0.15) is 0 Å². The summed E-state index contributed by atoms with van der Waals surface area (Å²) in [5, 5.41) is 10.7. The average molecular weight is 261 g/mol. The molecule has 18 heavy (non-hydrogen) atoms. The van der Waals surface area contributed by atoms with Crippen LogP contribution < -0.4 is 5.32 Å². The van der Waals surface area contributed by atoms with Crippen molar-refractivity contribution in [1.29, 1.82) is 0 Å². The Bertz CT molecular complexity index is 467. The van der Waals surface area contributed by atoms with E-state index < -0.39 is 40.8 Å². The second-order valence-corrected chi connectivity index (χ2v) is 3.70. The van der Waals surface area contributed by atoms with Crippen LogP contribution >= 0.6 is 0 Å². The van der Waals surface area contributed by atoms with E-state index >= 15 is 0 Å². The molecule has 1 aromatic carbocycles. The minimum atomic E-state index is -1.66. The van der Waals surface area contributed by atoms with Crippen molar-refractivity contribution in [3.63, 3.8) is 0 Å². The van der Waals surface area contributed by atoms with Gasteiger partial charge in [-0.15, -0.1) is 0 Å². The fourth-order valence-electron chi connectivity index (χ4n) is 1.12. The predicted octanol–water partition coefficient (Wildman–Crippen LogP) is 1.55. The van der Waals surface area contributed by atoms with Gasteiger partial charge in [0, 0.05) is 12.1 Å². The van der Waals surface area contributed by atoms with Gasteiger partial charge in [-0.3, -0.25) is 9.59 Å². The zero-order valence-electron chi connectivity index (χ0n) is 9.34. The van der Waals surface area contributed by atoms with Crippen molar-refractivity contribution >= 4 is 11.9 Å². The molecule has 1 aromatic rings. The van der Waals surface area contributed by atoms with Gasteiger partial charge >= 0.3 is 5.97 Å². The first kappa shape index (κ1) is 14.0. The Morgan fingerprint density at radius 1 is 1.28 bits per heavy atom. The molecule has 0 saturated carbocycles. The van der Waals surface area contributed by atoms with Crippen LogP contribution in [0.4, 0.5) is 13.2 Å². The van der Waals surface area contributed by atoms with Crippen LogP contribution in [0.25, 0.3) is 0 Å². The lowest BCUT2D eigenvalue weighted by Crippen LogP contribution is -2.31. The first-order chi connectivity index (χ1) is 8.32. The van der Waals surface area contributed by atoms with E-state index in [-0.39, 0.29) is 6.54 Å². The largest absolute Gasteiger partial charge is 0.481 e. The van der Waals surface area contributed by atoms with Gasteiger partial charge in [0.2, 0.25) is 0 Å². The molecule has 1 amide bonds. The lowest BCUT2D eigenvalue weighted by Gasteiger charge is -2.08. The average Bonchev–Trinajstić information content (AvgIpc) is 2.31. The fourth-order valence-corrected chi connectivity index (χ4v) is 1.12. The SMILES string of the molecule is CC(CNC(=O)c1cc(F)c(F)c(F)c1)C(=O)O. The van der Waals surface area contributed by atoms with E-state index in [9.17, 15) is 22.8 Å². The minimum Gasteiger partial charge on any atom is -0.481 e. The second-order valence-electron chi connectivity index (χ2n) is 3.70. The number of aliphatic carboxylic acids is 1. The molecular weight excluding hydrogens is 251 g/mol. The van der Waals surface area contributed by atoms with Crippen LogP contribution in [0, 0.1) is 23.4 Å². The van der Waals surface area contributed by atoms with Crippen molar-refractivity contribution in [2.24, 2.45) is 5.92 Å². The van der Waals surface area contributed by atoms with Gasteiger partial charge in [0.25, 0.3) is 5.91 Å². The summed E-state index contributed by atoms with van der Waals surface area (Å²) in [5.74, 6) is -7.46. The maximum absolute atomic E-state index is 12.8. The number of amides is 1. The van der Waals surface area contributed by atoms with Crippen molar-refractivity contribution < 1.29 is 27.9 Å². The van der Waals surface area contributed by atoms with Crippen molar-refractivity contribution in [3.8, 4) is 0 Å². The third-order valence-corrected chi connectivity index (χ3v) is 2.24. The number of nitrogens with one attached hydrogen (secondary N) is 1. The number of carboxylic acids is 1. The van der Waals surface area contributed by atoms with Crippen LogP contribution in [0.1, 0.15) is 17.3 Å². The number of carbonyl (C=O) groups is 2. The first-order valence-corrected chi connectivity index (χ1v) is 4.98. The molecule has 0 aliphatic rings. The maximum Gasteiger partial charge on any atom is 0.308 e. The minimum absolute atomic E-state index is 0.200. The van der Waals surface area contributed by atoms with Crippen LogP contribution in [-0.4, -0.2) is 23.5 Å². The first-order valence-electron chi connectivity index (χ1n) is 4.98. The molecule has 1 unspecified atom stereocenters. The monoisotopic (exact) mass is 261 g/mol. The third-order valence-electron chi connectivity index (χ3n) is 2.24. The third kappa shape index (κ3) is 3.22. The molecule has 2 N–H and O–H groups in total. The predicted molar refractivity (Wildman–Crippen MR) is 55.4 cm³/mol. The number of benzene rings is 1. The summed E-state index contributed by atoms with van der Waals surface area (Å²) < 4.78 is 38.3. The van der Waals surface area contributed by atoms with E-state index in [1.165, 1.54) is 6.92 Å². The zero-order chi connectivity index (χ0) is 13.9. The van der Waals surface area contributed by atoms with Crippen LogP contribution in [0.15, 0.2) is 12.1 Å². The molecular formula is C11H10F3NO3. The highest BCUT2D eigenvalue weighted by Crippen LogP contribution is 2.13. The van der Waals surface area contributed by atoms with Crippen LogP contribution in [0.5, 0.6) is 0 Å². The summed E-state index contributed by atoms with van der Waals surface area (Å²) in [6.07, 6.45) is 0. The Hall–Kier alpha value is -2.05. The summed E-state index contributed by atoms with van der Waals surface area (Å²) in [7, 11) is 0. The molecule has 0 bridgehead atoms. The second kappa shape index (κ2) is 5.52. The number of hydrogen-bond acceptors (Lipinski definition) is 2. The highest BCUT2D eigenvalue weighted by molar-refractivity contribution is 5.94. The topological polar surface area (TPSA) is 66.4 Å². The Labute approximate surface area is 100 Å². The lowest BCUT2D eigenvalue weighted by atomic mass is 10.1. The van der Waals surface area contributed by atoms with Gasteiger partial charge in [0.05, 0.1) is 5.92 Å². The molecule has 7 heteroatoms. The van der Waals surface area contributed by atoms with Crippen LogP contribution in [0.2, 0.25) is 0 Å². The number of carboxylic acid groups (broad SMARTS) is 1. The fraction of sp³-hybridized carbons (Fsp3) is 0.273. The van der Waals surface area contributed by atoms with Gasteiger partial charge < -0.3 is 10.4 Å². The molecule has 98 valence electrons. The van der Waals surface area contributed by atoms with E-state index in [0.717, 1.165) is 0 Å². The summed E-state index contributed by atoms with van der Waals surface area (Å²) >= 11 is 0. The zero-order valence-corrected chi connectivity index (χ0v) is 9.34. The standard InChI is InChI=1S/C11H10F3NO3/c1-5(11(17)18)4-15-10(16)6-2-7(12)9(14)8(13)3-6/h2-3,5H,4H2,1H3,(H,15,16)(H,17,18). The van der Waals surface area contributed by atoms with Gasteiger partial charge in [-0.1, -0.05) is 6.92 Å². The Morgan fingerprint density at radius 3 is 2.22 bits per heavy atom. The number of carbonyl (C=O) groups excluding carboxylic acids is 1. The molecule has 4 nitrogen and oxygen atoms in total. The lowest BCUT2D eigenvalue weighted by molar-refractivity contribution is -0.140. The van der Waals surface area contributed by atoms with E-state index in [0.29, 0.717) is 12.1 Å². The van der Waals surface area contributed by atoms with E-state index in [4.69, 9.17) is 5.11 Å². The molecule has 0 heterocycles. The van der Waals surface area contributed by atoms with E-state index in [2.05, 4.69) is 5.32 Å². The smallest absolute Gasteiger partial charge is 0.308 e. The van der Waals surface area contributed by atoms with Crippen molar-refractivity contribution in [2.75, 3.05) is 6.54 Å². The summed E-state index contributed by atoms with van der Waals surface area (Å²) in [6.45, 7) is 1.16. The Balaban J connectivity index is 2.76. The molecule has 0 fully saturated rings. The Morgan fingerprint density at radius 2 is 1.78 bits per heavy atom. The maximum atomic E-state index is 12.8. The van der Waals surface area contributed by atoms with Crippen LogP contribution in [0.3, 0.4) is 0 Å². The van der Waals surface area contributed by atoms with Crippen molar-refractivity contribution in [1.82, 2.24) is 5.32 Å². The molecule has 0 aliphatic heterocycles. The highest BCUT2D eigenvalue weighted by Gasteiger charge is 2.17. The van der Waals surface area contributed by atoms with Gasteiger partial charge in [0.15, 0.2) is 17.5 Å². The number of rotatable bonds is 4. The summed E-state index contributed by atoms with van der Waals surface area (Å²) in [4.78, 5) is 21.9. The van der Waals surface area contributed by atoms with Crippen molar-refractivity contribution in [2.45, 2.75) is 6.92 Å². The van der Waals surface area contributed by atoms with Gasteiger partial charge in [-0.25, -0.2) is 13.2 Å². The Kier molecular flexibility index (Phi) is 4.30. The van der Waals surface area contributed by atoms with Gasteiger partial charge in [-0.2, -0.15) is 0 Å². The summed E-state index contributed by atoms with van der Waals surface area (Å²) in [6, 6.07) is 1.08. The molecule has 0 saturated heterocycles. The van der Waals surface area contributed by atoms with E-state index in [1.54, 1.807) is 0 Å². The normalized spacial score (nSPS) is 12.0. The molecule has 0 radical (unpaired) electrons. The molecule has 1 rings (SSSR count).